The van der Waals surface area contributed by atoms with Gasteiger partial charge in [0.1, 0.15) is 35.1 Å². The molecule has 6 amide bonds. The van der Waals surface area contributed by atoms with Gasteiger partial charge in [-0.1, -0.05) is 18.2 Å². The molecule has 2 aliphatic carbocycles. The van der Waals surface area contributed by atoms with Crippen LogP contribution >= 0.6 is 0 Å². The highest BCUT2D eigenvalue weighted by Gasteiger charge is 2.62. The lowest BCUT2D eigenvalue weighted by Crippen LogP contribution is -2.60. The molecule has 20 heteroatoms. The SMILES string of the molecule is C=CC1C[C@]1(NC(=O)[C@@H]1CC(OC(=O)N2Cc3cccc(F)c3C2)CN1C(=O)[C@H](CN(C)C(=O)[C@H]1CCC(=O)O1)NC(=O)OC(C)(C)C)C(=O)NS(=O)(=O)C1CC1. The van der Waals surface area contributed by atoms with E-state index in [1.807, 2.05) is 0 Å². The van der Waals surface area contributed by atoms with Crippen LogP contribution in [-0.2, 0) is 61.3 Å². The highest BCUT2D eigenvalue weighted by Crippen LogP contribution is 2.45. The number of cyclic esters (lactones) is 1. The first-order valence-electron chi connectivity index (χ1n) is 18.7. The van der Waals surface area contributed by atoms with Crippen LogP contribution in [0.25, 0.3) is 0 Å². The Morgan fingerprint density at radius 3 is 2.46 bits per heavy atom. The van der Waals surface area contributed by atoms with Crippen LogP contribution in [0.3, 0.4) is 0 Å². The number of rotatable bonds is 12. The van der Waals surface area contributed by atoms with Crippen molar-refractivity contribution in [2.75, 3.05) is 20.1 Å². The third-order valence-electron chi connectivity index (χ3n) is 10.5. The van der Waals surface area contributed by atoms with Crippen molar-refractivity contribution in [3.63, 3.8) is 0 Å². The summed E-state index contributed by atoms with van der Waals surface area (Å²) in [6, 6.07) is 1.46. The van der Waals surface area contributed by atoms with Crippen molar-refractivity contribution in [1.82, 2.24) is 30.1 Å². The molecule has 3 aliphatic heterocycles. The van der Waals surface area contributed by atoms with E-state index >= 15 is 0 Å². The van der Waals surface area contributed by atoms with Gasteiger partial charge in [-0.25, -0.2) is 22.4 Å². The summed E-state index contributed by atoms with van der Waals surface area (Å²) in [5, 5.41) is 4.38. The molecule has 0 spiro atoms. The Morgan fingerprint density at radius 1 is 1.14 bits per heavy atom. The molecule has 3 N–H and O–H groups in total. The number of hydrogen-bond acceptors (Lipinski definition) is 12. The summed E-state index contributed by atoms with van der Waals surface area (Å²) in [5.41, 5.74) is -1.80. The van der Waals surface area contributed by atoms with Crippen molar-refractivity contribution in [3.05, 3.63) is 47.8 Å². The van der Waals surface area contributed by atoms with E-state index in [4.69, 9.17) is 14.2 Å². The zero-order valence-corrected chi connectivity index (χ0v) is 32.9. The molecule has 5 aliphatic rings. The van der Waals surface area contributed by atoms with E-state index in [9.17, 15) is 46.4 Å². The van der Waals surface area contributed by atoms with Gasteiger partial charge in [0, 0.05) is 50.9 Å². The molecular weight excluding hydrogens is 772 g/mol. The van der Waals surface area contributed by atoms with E-state index in [1.54, 1.807) is 26.8 Å². The van der Waals surface area contributed by atoms with Crippen molar-refractivity contribution in [2.45, 2.75) is 113 Å². The van der Waals surface area contributed by atoms with Crippen LogP contribution < -0.4 is 15.4 Å². The number of carbonyl (C=O) groups excluding carboxylic acids is 7. The highest BCUT2D eigenvalue weighted by molar-refractivity contribution is 7.91. The Kier molecular flexibility index (Phi) is 11.3. The summed E-state index contributed by atoms with van der Waals surface area (Å²) >= 11 is 0. The lowest BCUT2D eigenvalue weighted by atomic mass is 10.1. The molecule has 6 atom stereocenters. The summed E-state index contributed by atoms with van der Waals surface area (Å²) in [6.45, 7) is 7.60. The monoisotopic (exact) mass is 818 g/mol. The van der Waals surface area contributed by atoms with Crippen LogP contribution in [-0.4, -0.2) is 126 Å². The number of ether oxygens (including phenoxy) is 3. The van der Waals surface area contributed by atoms with Crippen LogP contribution in [0.1, 0.15) is 70.4 Å². The molecule has 2 saturated heterocycles. The van der Waals surface area contributed by atoms with E-state index in [1.165, 1.54) is 30.2 Å². The van der Waals surface area contributed by atoms with Gasteiger partial charge in [0.15, 0.2) is 6.10 Å². The zero-order chi connectivity index (χ0) is 41.6. The average Bonchev–Trinajstić information content (AvgIpc) is 3.95. The number of likely N-dealkylation sites (N-methyl/N-ethyl adjacent to an activating group) is 1. The maximum absolute atomic E-state index is 14.6. The van der Waals surface area contributed by atoms with E-state index in [0.29, 0.717) is 24.0 Å². The summed E-state index contributed by atoms with van der Waals surface area (Å²) in [5.74, 6) is -5.11. The lowest BCUT2D eigenvalue weighted by Gasteiger charge is -2.32. The first-order chi connectivity index (χ1) is 26.7. The Balaban J connectivity index is 1.25. The van der Waals surface area contributed by atoms with Gasteiger partial charge in [0.05, 0.1) is 18.3 Å². The number of benzene rings is 1. The topological polar surface area (TPSA) is 227 Å². The second-order valence-corrected chi connectivity index (χ2v) is 18.1. The van der Waals surface area contributed by atoms with E-state index in [0.717, 1.165) is 9.80 Å². The number of nitrogens with zero attached hydrogens (tertiary/aromatic N) is 3. The lowest BCUT2D eigenvalue weighted by molar-refractivity contribution is -0.153. The number of alkyl carbamates (subject to hydrolysis) is 1. The average molecular weight is 819 g/mol. The maximum atomic E-state index is 14.6. The predicted molar refractivity (Wildman–Crippen MR) is 195 cm³/mol. The van der Waals surface area contributed by atoms with E-state index in [-0.39, 0.29) is 45.3 Å². The van der Waals surface area contributed by atoms with Crippen LogP contribution in [0, 0.1) is 11.7 Å². The Hall–Kier alpha value is -5.27. The quantitative estimate of drug-likeness (QED) is 0.152. The second kappa shape index (κ2) is 15.6. The smallest absolute Gasteiger partial charge is 0.410 e. The van der Waals surface area contributed by atoms with Gasteiger partial charge >= 0.3 is 18.2 Å². The Labute approximate surface area is 328 Å². The highest BCUT2D eigenvalue weighted by atomic mass is 32.2. The largest absolute Gasteiger partial charge is 0.452 e. The number of esters is 1. The van der Waals surface area contributed by atoms with Gasteiger partial charge < -0.3 is 34.6 Å². The summed E-state index contributed by atoms with van der Waals surface area (Å²) < 4.78 is 58.2. The van der Waals surface area contributed by atoms with Crippen LogP contribution in [0.15, 0.2) is 30.9 Å². The Morgan fingerprint density at radius 2 is 1.86 bits per heavy atom. The number of halogens is 1. The molecule has 0 bridgehead atoms. The fourth-order valence-electron chi connectivity index (χ4n) is 7.27. The number of fused-ring (bicyclic) bond motifs is 1. The summed E-state index contributed by atoms with van der Waals surface area (Å²) in [4.78, 5) is 97.1. The minimum atomic E-state index is -4.00. The summed E-state index contributed by atoms with van der Waals surface area (Å²) in [7, 11) is -2.67. The van der Waals surface area contributed by atoms with Gasteiger partial charge in [0.2, 0.25) is 21.8 Å². The minimum Gasteiger partial charge on any atom is -0.452 e. The number of hydrogen-bond donors (Lipinski definition) is 3. The molecule has 0 aromatic heterocycles. The van der Waals surface area contributed by atoms with Crippen LogP contribution in [0.2, 0.25) is 0 Å². The number of amides is 6. The van der Waals surface area contributed by atoms with Crippen LogP contribution in [0.5, 0.6) is 0 Å². The van der Waals surface area contributed by atoms with Crippen molar-refractivity contribution in [3.8, 4) is 0 Å². The Bertz CT molecular complexity index is 1990. The third kappa shape index (κ3) is 9.15. The zero-order valence-electron chi connectivity index (χ0n) is 32.1. The number of sulfonamides is 1. The number of carbonyl (C=O) groups is 7. The number of nitrogens with one attached hydrogen (secondary N) is 3. The fraction of sp³-hybridized carbons (Fsp3) is 0.595. The molecule has 2 saturated carbocycles. The van der Waals surface area contributed by atoms with Gasteiger partial charge in [-0.2, -0.15) is 0 Å². The maximum Gasteiger partial charge on any atom is 0.410 e. The molecule has 6 rings (SSSR count). The fourth-order valence-corrected chi connectivity index (χ4v) is 8.63. The van der Waals surface area contributed by atoms with Gasteiger partial charge in [-0.3, -0.25) is 33.6 Å². The second-order valence-electron chi connectivity index (χ2n) is 16.1. The molecular formula is C37H47FN6O12S. The molecule has 3 heterocycles. The van der Waals surface area contributed by atoms with E-state index in [2.05, 4.69) is 21.9 Å². The molecule has 57 heavy (non-hydrogen) atoms. The summed E-state index contributed by atoms with van der Waals surface area (Å²) in [6.07, 6.45) is -2.09. The molecule has 0 radical (unpaired) electrons. The first-order valence-corrected chi connectivity index (χ1v) is 20.2. The normalized spacial score (nSPS) is 25.7. The van der Waals surface area contributed by atoms with Gasteiger partial charge in [-0.05, 0) is 51.7 Å². The van der Waals surface area contributed by atoms with Gasteiger partial charge in [0.25, 0.3) is 11.8 Å². The standard InChI is InChI=1S/C37H47FN6O12S/c1-6-21-15-37(21,33(49)41-57(52,53)23-10-11-23)40-30(46)27-14-22(54-35(51)43-16-20-8-7-9-25(38)24(20)18-43)17-44(27)31(47)26(39-34(50)56-36(2,3)4)19-42(5)32(48)28-12-13-29(45)55-28/h6-9,21-23,26-28H,1,10-19H2,2-5H3,(H,39,50)(H,40,46)(H,41,49)/t21?,22?,26-,27-,28+,37+/m0/s1. The first kappa shape index (κ1) is 41.4. The molecule has 1 aromatic carbocycles. The molecule has 18 nitrogen and oxygen atoms in total. The van der Waals surface area contributed by atoms with E-state index < -0.39 is 111 Å². The van der Waals surface area contributed by atoms with Gasteiger partial charge in [-0.15, -0.1) is 6.58 Å². The van der Waals surface area contributed by atoms with Crippen LogP contribution in [0.4, 0.5) is 14.0 Å². The third-order valence-corrected chi connectivity index (χ3v) is 12.3. The molecule has 1 aromatic rings. The molecule has 310 valence electrons. The van der Waals surface area contributed by atoms with Crippen molar-refractivity contribution in [2.24, 2.45) is 5.92 Å². The number of likely N-dealkylation sites (tertiary alicyclic amines) is 1. The van der Waals surface area contributed by atoms with Crippen molar-refractivity contribution < 1.29 is 60.6 Å². The molecule has 2 unspecified atom stereocenters. The van der Waals surface area contributed by atoms with Crippen molar-refractivity contribution in [1.29, 1.82) is 0 Å². The predicted octanol–water partition coefficient (Wildman–Crippen LogP) is 0.974. The molecule has 4 fully saturated rings. The van der Waals surface area contributed by atoms with Crippen molar-refractivity contribution >= 4 is 51.8 Å². The minimum absolute atomic E-state index is 0.0148.